The molecule has 0 aliphatic carbocycles. The van der Waals surface area contributed by atoms with Crippen molar-refractivity contribution in [2.75, 3.05) is 25.9 Å². The standard InChI is InChI=1S/C22H30N4O4S/c1-15(2)19-20-18(26(22(19)28)31(3,29)30)9-12-25(20)21(27)16-7-8-17(23-13-16)14-24-10-5-4-6-11-24/h7-9,13,15,19-20H,4-6,10-12,14H2,1-3H3/t19-,20+/m1/s1. The van der Waals surface area contributed by atoms with E-state index in [0.717, 1.165) is 35.9 Å². The van der Waals surface area contributed by atoms with Crippen LogP contribution < -0.4 is 0 Å². The van der Waals surface area contributed by atoms with Crippen molar-refractivity contribution < 1.29 is 18.0 Å². The third-order valence-corrected chi connectivity index (χ3v) is 7.47. The number of amides is 2. The van der Waals surface area contributed by atoms with Crippen molar-refractivity contribution in [3.63, 3.8) is 0 Å². The predicted octanol–water partition coefficient (Wildman–Crippen LogP) is 1.85. The monoisotopic (exact) mass is 446 g/mol. The van der Waals surface area contributed by atoms with Crippen LogP contribution in [-0.4, -0.2) is 71.3 Å². The van der Waals surface area contributed by atoms with Crippen molar-refractivity contribution >= 4 is 21.8 Å². The predicted molar refractivity (Wildman–Crippen MR) is 116 cm³/mol. The highest BCUT2D eigenvalue weighted by atomic mass is 32.2. The van der Waals surface area contributed by atoms with E-state index in [4.69, 9.17) is 0 Å². The molecule has 1 aromatic heterocycles. The van der Waals surface area contributed by atoms with Crippen LogP contribution >= 0.6 is 0 Å². The molecule has 8 nitrogen and oxygen atoms in total. The summed E-state index contributed by atoms with van der Waals surface area (Å²) in [7, 11) is -3.75. The van der Waals surface area contributed by atoms with Crippen LogP contribution in [0.1, 0.15) is 49.2 Å². The number of hydrogen-bond acceptors (Lipinski definition) is 6. The Balaban J connectivity index is 1.53. The SMILES string of the molecule is CC(C)[C@H]1C(=O)N(S(C)(=O)=O)C2=CCN(C(=O)c3ccc(CN4CCCCC4)nc3)[C@@H]21. The van der Waals surface area contributed by atoms with Gasteiger partial charge in [-0.2, -0.15) is 0 Å². The lowest BCUT2D eigenvalue weighted by molar-refractivity contribution is -0.128. The van der Waals surface area contributed by atoms with Crippen LogP contribution in [0.3, 0.4) is 0 Å². The average Bonchev–Trinajstić information content (AvgIpc) is 3.24. The van der Waals surface area contributed by atoms with Crippen LogP contribution in [0.5, 0.6) is 0 Å². The van der Waals surface area contributed by atoms with E-state index in [9.17, 15) is 18.0 Å². The summed E-state index contributed by atoms with van der Waals surface area (Å²) < 4.78 is 25.4. The number of carbonyl (C=O) groups is 2. The van der Waals surface area contributed by atoms with E-state index in [2.05, 4.69) is 9.88 Å². The van der Waals surface area contributed by atoms with Gasteiger partial charge in [-0.1, -0.05) is 20.3 Å². The first-order chi connectivity index (χ1) is 14.7. The number of fused-ring (bicyclic) bond motifs is 1. The number of hydrogen-bond donors (Lipinski definition) is 0. The van der Waals surface area contributed by atoms with E-state index in [1.165, 1.54) is 19.3 Å². The molecular formula is C22H30N4O4S. The summed E-state index contributed by atoms with van der Waals surface area (Å²) >= 11 is 0. The summed E-state index contributed by atoms with van der Waals surface area (Å²) in [6.45, 7) is 6.96. The molecule has 0 N–H and O–H groups in total. The molecule has 4 heterocycles. The maximum Gasteiger partial charge on any atom is 0.256 e. The molecule has 3 aliphatic heterocycles. The third kappa shape index (κ3) is 4.13. The summed E-state index contributed by atoms with van der Waals surface area (Å²) in [6, 6.07) is 3.10. The maximum absolute atomic E-state index is 13.3. The molecule has 168 valence electrons. The summed E-state index contributed by atoms with van der Waals surface area (Å²) in [5.74, 6) is -1.38. The minimum absolute atomic E-state index is 0.105. The Morgan fingerprint density at radius 3 is 2.48 bits per heavy atom. The Hall–Kier alpha value is -2.26. The molecule has 9 heteroatoms. The zero-order chi connectivity index (χ0) is 22.3. The molecule has 1 aromatic rings. The Kier molecular flexibility index (Phi) is 5.91. The molecule has 2 saturated heterocycles. The van der Waals surface area contributed by atoms with E-state index < -0.39 is 27.9 Å². The van der Waals surface area contributed by atoms with Gasteiger partial charge < -0.3 is 4.90 Å². The molecule has 4 rings (SSSR count). The van der Waals surface area contributed by atoms with Crippen molar-refractivity contribution in [3.05, 3.63) is 41.4 Å². The molecule has 31 heavy (non-hydrogen) atoms. The fraction of sp³-hybridized carbons (Fsp3) is 0.591. The number of nitrogens with zero attached hydrogens (tertiary/aromatic N) is 4. The van der Waals surface area contributed by atoms with Gasteiger partial charge in [-0.05, 0) is 50.1 Å². The van der Waals surface area contributed by atoms with E-state index in [-0.39, 0.29) is 18.4 Å². The van der Waals surface area contributed by atoms with E-state index in [1.807, 2.05) is 19.9 Å². The molecule has 0 radical (unpaired) electrons. The Bertz CT molecular complexity index is 997. The highest BCUT2D eigenvalue weighted by Crippen LogP contribution is 2.41. The summed E-state index contributed by atoms with van der Waals surface area (Å²) in [5, 5.41) is 0. The lowest BCUT2D eigenvalue weighted by atomic mass is 9.89. The molecule has 2 atom stereocenters. The number of piperidine rings is 1. The summed E-state index contributed by atoms with van der Waals surface area (Å²) in [4.78, 5) is 34.7. The van der Waals surface area contributed by atoms with E-state index >= 15 is 0 Å². The van der Waals surface area contributed by atoms with Gasteiger partial charge in [0.05, 0.1) is 35.2 Å². The van der Waals surface area contributed by atoms with Crippen LogP contribution in [0.25, 0.3) is 0 Å². The zero-order valence-electron chi connectivity index (χ0n) is 18.3. The Labute approximate surface area is 184 Å². The van der Waals surface area contributed by atoms with Crippen LogP contribution in [0.2, 0.25) is 0 Å². The quantitative estimate of drug-likeness (QED) is 0.686. The van der Waals surface area contributed by atoms with Gasteiger partial charge in [0.15, 0.2) is 0 Å². The minimum Gasteiger partial charge on any atom is -0.325 e. The Morgan fingerprint density at radius 1 is 1.19 bits per heavy atom. The number of likely N-dealkylation sites (tertiary alicyclic amines) is 1. The van der Waals surface area contributed by atoms with E-state index in [1.54, 1.807) is 23.2 Å². The van der Waals surface area contributed by atoms with Crippen LogP contribution in [-0.2, 0) is 21.4 Å². The highest BCUT2D eigenvalue weighted by molar-refractivity contribution is 7.89. The average molecular weight is 447 g/mol. The zero-order valence-corrected chi connectivity index (χ0v) is 19.1. The lowest BCUT2D eigenvalue weighted by Crippen LogP contribution is -2.43. The molecule has 0 bridgehead atoms. The molecule has 2 amide bonds. The second kappa shape index (κ2) is 8.35. The highest BCUT2D eigenvalue weighted by Gasteiger charge is 2.54. The van der Waals surface area contributed by atoms with Crippen LogP contribution in [0, 0.1) is 11.8 Å². The number of aromatic nitrogens is 1. The second-order valence-corrected chi connectivity index (χ2v) is 10.9. The second-order valence-electron chi connectivity index (χ2n) is 9.04. The smallest absolute Gasteiger partial charge is 0.256 e. The summed E-state index contributed by atoms with van der Waals surface area (Å²) in [6.07, 6.45) is 8.00. The molecule has 0 aromatic carbocycles. The molecule has 0 unspecified atom stereocenters. The number of rotatable bonds is 5. The van der Waals surface area contributed by atoms with Crippen LogP contribution in [0.4, 0.5) is 0 Å². The number of carbonyl (C=O) groups excluding carboxylic acids is 2. The molecule has 2 fully saturated rings. The normalized spacial score (nSPS) is 24.6. The van der Waals surface area contributed by atoms with Gasteiger partial charge in [0.1, 0.15) is 0 Å². The van der Waals surface area contributed by atoms with E-state index in [0.29, 0.717) is 11.3 Å². The van der Waals surface area contributed by atoms with Crippen LogP contribution in [0.15, 0.2) is 30.1 Å². The fourth-order valence-electron chi connectivity index (χ4n) is 4.94. The van der Waals surface area contributed by atoms with Gasteiger partial charge in [-0.15, -0.1) is 0 Å². The largest absolute Gasteiger partial charge is 0.325 e. The summed E-state index contributed by atoms with van der Waals surface area (Å²) in [5.41, 5.74) is 1.78. The number of sulfonamides is 1. The van der Waals surface area contributed by atoms with Gasteiger partial charge in [0.2, 0.25) is 15.9 Å². The topological polar surface area (TPSA) is 90.9 Å². The molecular weight excluding hydrogens is 416 g/mol. The first kappa shape index (κ1) is 22.0. The Morgan fingerprint density at radius 2 is 1.90 bits per heavy atom. The van der Waals surface area contributed by atoms with Crippen molar-refractivity contribution in [1.82, 2.24) is 19.1 Å². The van der Waals surface area contributed by atoms with Gasteiger partial charge in [0.25, 0.3) is 5.91 Å². The van der Waals surface area contributed by atoms with Crippen molar-refractivity contribution in [2.24, 2.45) is 11.8 Å². The van der Waals surface area contributed by atoms with Gasteiger partial charge >= 0.3 is 0 Å². The third-order valence-electron chi connectivity index (χ3n) is 6.41. The first-order valence-electron chi connectivity index (χ1n) is 10.9. The molecule has 0 saturated carbocycles. The maximum atomic E-state index is 13.3. The van der Waals surface area contributed by atoms with Crippen molar-refractivity contribution in [2.45, 2.75) is 45.7 Å². The fourth-order valence-corrected chi connectivity index (χ4v) is 5.95. The van der Waals surface area contributed by atoms with Crippen molar-refractivity contribution in [1.29, 1.82) is 0 Å². The molecule has 3 aliphatic rings. The molecule has 0 spiro atoms. The van der Waals surface area contributed by atoms with Gasteiger partial charge in [0, 0.05) is 19.3 Å². The lowest BCUT2D eigenvalue weighted by Gasteiger charge is -2.29. The first-order valence-corrected chi connectivity index (χ1v) is 12.8. The van der Waals surface area contributed by atoms with Gasteiger partial charge in [-0.25, -0.2) is 12.7 Å². The van der Waals surface area contributed by atoms with Gasteiger partial charge in [-0.3, -0.25) is 19.5 Å². The van der Waals surface area contributed by atoms with Crippen molar-refractivity contribution in [3.8, 4) is 0 Å². The minimum atomic E-state index is -3.75. The number of pyridine rings is 1.